The van der Waals surface area contributed by atoms with Crippen LogP contribution in [0.15, 0.2) is 72.2 Å². The summed E-state index contributed by atoms with van der Waals surface area (Å²) in [4.78, 5) is 39.5. The Morgan fingerprint density at radius 2 is 1.90 bits per heavy atom. The number of thioether (sulfide) groups is 1. The molecule has 2 aliphatic rings. The number of carbonyl (C=O) groups excluding carboxylic acids is 3. The molecule has 2 aliphatic heterocycles. The Hall–Kier alpha value is -4.41. The summed E-state index contributed by atoms with van der Waals surface area (Å²) in [6.45, 7) is 3.80. The van der Waals surface area contributed by atoms with E-state index in [9.17, 15) is 14.4 Å². The van der Waals surface area contributed by atoms with Crippen LogP contribution in [-0.4, -0.2) is 42.4 Å². The molecule has 5 rings (SSSR count). The summed E-state index contributed by atoms with van der Waals surface area (Å²) in [6.07, 6.45) is 3.81. The highest BCUT2D eigenvalue weighted by Gasteiger charge is 2.36. The van der Waals surface area contributed by atoms with E-state index in [1.807, 2.05) is 18.2 Å². The molecule has 41 heavy (non-hydrogen) atoms. The van der Waals surface area contributed by atoms with Gasteiger partial charge in [0, 0.05) is 22.3 Å². The summed E-state index contributed by atoms with van der Waals surface area (Å²) in [5.74, 6) is 1.01. The number of allylic oxidation sites excluding steroid dienone is 1. The molecule has 0 unspecified atom stereocenters. The number of rotatable bonds is 10. The van der Waals surface area contributed by atoms with Crippen LogP contribution >= 0.6 is 23.4 Å². The van der Waals surface area contributed by atoms with Gasteiger partial charge in [-0.1, -0.05) is 29.8 Å². The van der Waals surface area contributed by atoms with Crippen molar-refractivity contribution >= 4 is 52.2 Å². The van der Waals surface area contributed by atoms with Crippen molar-refractivity contribution in [2.45, 2.75) is 13.0 Å². The lowest BCUT2D eigenvalue weighted by atomic mass is 10.0. The van der Waals surface area contributed by atoms with E-state index < -0.39 is 23.6 Å². The van der Waals surface area contributed by atoms with Gasteiger partial charge in [0.25, 0.3) is 11.1 Å². The quantitative estimate of drug-likeness (QED) is 0.224. The van der Waals surface area contributed by atoms with Gasteiger partial charge in [-0.25, -0.2) is 0 Å². The Bertz CT molecular complexity index is 1560. The van der Waals surface area contributed by atoms with E-state index in [4.69, 9.17) is 30.5 Å². The summed E-state index contributed by atoms with van der Waals surface area (Å²) in [6, 6.07) is 15.8. The van der Waals surface area contributed by atoms with E-state index in [-0.39, 0.29) is 11.7 Å². The maximum absolute atomic E-state index is 13.1. The highest BCUT2D eigenvalue weighted by molar-refractivity contribution is 8.18. The third kappa shape index (κ3) is 6.50. The lowest BCUT2D eigenvalue weighted by Crippen LogP contribution is -2.36. The van der Waals surface area contributed by atoms with Crippen LogP contribution in [0.1, 0.15) is 16.7 Å². The normalized spacial score (nSPS) is 14.9. The minimum atomic E-state index is -0.562. The van der Waals surface area contributed by atoms with Crippen LogP contribution in [0.5, 0.6) is 23.0 Å². The van der Waals surface area contributed by atoms with Crippen LogP contribution in [0, 0.1) is 0 Å². The van der Waals surface area contributed by atoms with Gasteiger partial charge >= 0.3 is 0 Å². The highest BCUT2D eigenvalue weighted by atomic mass is 35.5. The van der Waals surface area contributed by atoms with E-state index >= 15 is 0 Å². The van der Waals surface area contributed by atoms with Crippen LogP contribution in [0.2, 0.25) is 5.02 Å². The maximum Gasteiger partial charge on any atom is 0.294 e. The zero-order valence-electron chi connectivity index (χ0n) is 22.0. The number of nitrogens with zero attached hydrogens (tertiary/aromatic N) is 1. The number of methoxy groups -OCH3 is 1. The third-order valence-corrected chi connectivity index (χ3v) is 7.32. The van der Waals surface area contributed by atoms with Crippen molar-refractivity contribution in [1.29, 1.82) is 0 Å². The minimum Gasteiger partial charge on any atom is -0.493 e. The molecular formula is C30H25ClN2O7S. The van der Waals surface area contributed by atoms with Gasteiger partial charge in [-0.2, -0.15) is 0 Å². The van der Waals surface area contributed by atoms with Crippen LogP contribution in [0.3, 0.4) is 0 Å². The first kappa shape index (κ1) is 28.1. The zero-order chi connectivity index (χ0) is 28.9. The van der Waals surface area contributed by atoms with Crippen molar-refractivity contribution in [3.8, 4) is 23.0 Å². The summed E-state index contributed by atoms with van der Waals surface area (Å²) in [7, 11) is 1.53. The predicted octanol–water partition coefficient (Wildman–Crippen LogP) is 6.06. The largest absolute Gasteiger partial charge is 0.493 e. The number of fused-ring (bicyclic) bond motifs is 1. The molecule has 1 fully saturated rings. The van der Waals surface area contributed by atoms with E-state index in [1.165, 1.54) is 7.11 Å². The third-order valence-electron chi connectivity index (χ3n) is 6.16. The van der Waals surface area contributed by atoms with Gasteiger partial charge in [-0.15, -0.1) is 6.58 Å². The molecule has 0 saturated carbocycles. The van der Waals surface area contributed by atoms with E-state index in [2.05, 4.69) is 11.9 Å². The molecule has 0 radical (unpaired) electrons. The summed E-state index contributed by atoms with van der Waals surface area (Å²) >= 11 is 6.74. The molecule has 11 heteroatoms. The van der Waals surface area contributed by atoms with Crippen LogP contribution < -0.4 is 24.3 Å². The molecule has 3 aromatic carbocycles. The number of carbonyl (C=O) groups is 3. The van der Waals surface area contributed by atoms with Gasteiger partial charge in [0.15, 0.2) is 23.0 Å². The molecule has 3 amide bonds. The Kier molecular flexibility index (Phi) is 8.51. The molecular weight excluding hydrogens is 568 g/mol. The number of halogens is 1. The second kappa shape index (κ2) is 12.4. The second-order valence-electron chi connectivity index (χ2n) is 9.00. The molecule has 210 valence electrons. The van der Waals surface area contributed by atoms with Crippen molar-refractivity contribution in [3.63, 3.8) is 0 Å². The van der Waals surface area contributed by atoms with Crippen LogP contribution in [0.25, 0.3) is 6.08 Å². The van der Waals surface area contributed by atoms with Crippen molar-refractivity contribution < 1.29 is 33.3 Å². The fourth-order valence-electron chi connectivity index (χ4n) is 4.23. The molecule has 9 nitrogen and oxygen atoms in total. The molecule has 0 aromatic heterocycles. The maximum atomic E-state index is 13.1. The molecule has 2 heterocycles. The SMILES string of the molecule is C=CCc1cc(/C=C2\SC(=O)N(CC(=O)Nc3ccc4c(c3)OCO4)C2=O)cc(OC)c1OCc1ccc(Cl)cc1. The van der Waals surface area contributed by atoms with E-state index in [0.29, 0.717) is 52.3 Å². The fourth-order valence-corrected chi connectivity index (χ4v) is 5.20. The van der Waals surface area contributed by atoms with Crippen molar-refractivity contribution in [2.75, 3.05) is 25.8 Å². The lowest BCUT2D eigenvalue weighted by molar-refractivity contribution is -0.127. The fraction of sp³-hybridized carbons (Fsp3) is 0.167. The number of nitrogens with one attached hydrogen (secondary N) is 1. The predicted molar refractivity (Wildman–Crippen MR) is 157 cm³/mol. The van der Waals surface area contributed by atoms with Crippen LogP contribution in [-0.2, 0) is 22.6 Å². The Labute approximate surface area is 245 Å². The molecule has 1 N–H and O–H groups in total. The lowest BCUT2D eigenvalue weighted by Gasteiger charge is -2.16. The summed E-state index contributed by atoms with van der Waals surface area (Å²) < 4.78 is 22.3. The number of imide groups is 1. The standard InChI is InChI=1S/C30H25ClN2O7S/c1-3-4-20-11-19(12-25(37-2)28(20)38-16-18-5-7-21(31)8-6-18)13-26-29(35)33(30(36)41-26)15-27(34)32-22-9-10-23-24(14-22)40-17-39-23/h3,5-14H,1,4,15-17H2,2H3,(H,32,34)/b26-13-. The van der Waals surface area contributed by atoms with Gasteiger partial charge in [0.2, 0.25) is 12.7 Å². The van der Waals surface area contributed by atoms with Crippen molar-refractivity contribution in [3.05, 3.63) is 93.9 Å². The van der Waals surface area contributed by atoms with Gasteiger partial charge in [-0.3, -0.25) is 19.3 Å². The van der Waals surface area contributed by atoms with Gasteiger partial charge in [-0.05, 0) is 71.8 Å². The minimum absolute atomic E-state index is 0.107. The van der Waals surface area contributed by atoms with Crippen molar-refractivity contribution in [2.24, 2.45) is 0 Å². The first-order chi connectivity index (χ1) is 19.8. The number of hydrogen-bond acceptors (Lipinski definition) is 8. The average Bonchev–Trinajstić information content (AvgIpc) is 3.52. The van der Waals surface area contributed by atoms with Gasteiger partial charge in [0.1, 0.15) is 13.2 Å². The first-order valence-corrected chi connectivity index (χ1v) is 13.7. The van der Waals surface area contributed by atoms with E-state index in [1.54, 1.807) is 48.6 Å². The average molecular weight is 593 g/mol. The monoisotopic (exact) mass is 592 g/mol. The van der Waals surface area contributed by atoms with E-state index in [0.717, 1.165) is 27.8 Å². The Morgan fingerprint density at radius 3 is 2.66 bits per heavy atom. The number of benzene rings is 3. The summed E-state index contributed by atoms with van der Waals surface area (Å²) in [5.41, 5.74) is 2.82. The molecule has 0 atom stereocenters. The molecule has 0 bridgehead atoms. The molecule has 0 spiro atoms. The highest BCUT2D eigenvalue weighted by Crippen LogP contribution is 2.38. The van der Waals surface area contributed by atoms with Gasteiger partial charge in [0.05, 0.1) is 12.0 Å². The first-order valence-electron chi connectivity index (χ1n) is 12.5. The summed E-state index contributed by atoms with van der Waals surface area (Å²) in [5, 5.41) is 2.78. The molecule has 3 aromatic rings. The zero-order valence-corrected chi connectivity index (χ0v) is 23.5. The number of hydrogen-bond donors (Lipinski definition) is 1. The molecule has 0 aliphatic carbocycles. The van der Waals surface area contributed by atoms with Crippen molar-refractivity contribution in [1.82, 2.24) is 4.90 Å². The Balaban J connectivity index is 1.30. The smallest absolute Gasteiger partial charge is 0.294 e. The van der Waals surface area contributed by atoms with Crippen LogP contribution in [0.4, 0.5) is 10.5 Å². The topological polar surface area (TPSA) is 103 Å². The number of amides is 3. The number of anilines is 1. The molecule has 1 saturated heterocycles. The second-order valence-corrected chi connectivity index (χ2v) is 10.4. The number of ether oxygens (including phenoxy) is 4. The Morgan fingerprint density at radius 1 is 1.12 bits per heavy atom. The van der Waals surface area contributed by atoms with Gasteiger partial charge < -0.3 is 24.3 Å².